The van der Waals surface area contributed by atoms with E-state index in [0.717, 1.165) is 39.0 Å². The summed E-state index contributed by atoms with van der Waals surface area (Å²) in [5.41, 5.74) is 0. The van der Waals surface area contributed by atoms with E-state index in [4.69, 9.17) is 4.74 Å². The summed E-state index contributed by atoms with van der Waals surface area (Å²) in [6, 6.07) is 0. The zero-order chi connectivity index (χ0) is 14.4. The molecule has 0 spiro atoms. The molecule has 6 nitrogen and oxygen atoms in total. The standard InChI is InChI=1S/C14H25N3O3/c1-20-12-14(19)17-9-7-15(8-10-17)11-13(18)16-5-3-2-4-6-16/h2-12H2,1H3. The van der Waals surface area contributed by atoms with Gasteiger partial charge in [0.15, 0.2) is 0 Å². The number of piperidine rings is 1. The molecule has 2 fully saturated rings. The lowest BCUT2D eigenvalue weighted by Crippen LogP contribution is -2.52. The van der Waals surface area contributed by atoms with E-state index in [0.29, 0.717) is 19.6 Å². The largest absolute Gasteiger partial charge is 0.375 e. The minimum Gasteiger partial charge on any atom is -0.375 e. The number of amides is 2. The molecule has 0 aliphatic carbocycles. The summed E-state index contributed by atoms with van der Waals surface area (Å²) in [6.45, 7) is 5.38. The second-order valence-electron chi connectivity index (χ2n) is 5.53. The van der Waals surface area contributed by atoms with Gasteiger partial charge in [0.2, 0.25) is 11.8 Å². The summed E-state index contributed by atoms with van der Waals surface area (Å²) in [5.74, 6) is 0.274. The third-order valence-electron chi connectivity index (χ3n) is 4.06. The van der Waals surface area contributed by atoms with Gasteiger partial charge in [0.1, 0.15) is 6.61 Å². The lowest BCUT2D eigenvalue weighted by atomic mass is 10.1. The number of likely N-dealkylation sites (tertiary alicyclic amines) is 1. The molecule has 2 saturated heterocycles. The molecular weight excluding hydrogens is 258 g/mol. The first-order valence-electron chi connectivity index (χ1n) is 7.47. The third-order valence-corrected chi connectivity index (χ3v) is 4.06. The van der Waals surface area contributed by atoms with Crippen LogP contribution in [0.2, 0.25) is 0 Å². The fraction of sp³-hybridized carbons (Fsp3) is 0.857. The van der Waals surface area contributed by atoms with Gasteiger partial charge in [0.05, 0.1) is 6.54 Å². The van der Waals surface area contributed by atoms with Crippen LogP contribution in [-0.2, 0) is 14.3 Å². The van der Waals surface area contributed by atoms with Gasteiger partial charge >= 0.3 is 0 Å². The molecular formula is C14H25N3O3. The fourth-order valence-electron chi connectivity index (χ4n) is 2.80. The molecule has 2 rings (SSSR count). The topological polar surface area (TPSA) is 53.1 Å². The number of rotatable bonds is 4. The van der Waals surface area contributed by atoms with E-state index >= 15 is 0 Å². The molecule has 2 amide bonds. The molecule has 2 heterocycles. The van der Waals surface area contributed by atoms with Gasteiger partial charge in [-0.25, -0.2) is 0 Å². The van der Waals surface area contributed by atoms with Gasteiger partial charge in [-0.1, -0.05) is 0 Å². The van der Waals surface area contributed by atoms with E-state index in [1.54, 1.807) is 0 Å². The van der Waals surface area contributed by atoms with Gasteiger partial charge in [0, 0.05) is 46.4 Å². The number of hydrogen-bond donors (Lipinski definition) is 0. The number of carbonyl (C=O) groups excluding carboxylic acids is 2. The van der Waals surface area contributed by atoms with Crippen LogP contribution in [0.25, 0.3) is 0 Å². The van der Waals surface area contributed by atoms with Crippen LogP contribution in [0.5, 0.6) is 0 Å². The van der Waals surface area contributed by atoms with Crippen LogP contribution in [0.3, 0.4) is 0 Å². The van der Waals surface area contributed by atoms with Crippen LogP contribution >= 0.6 is 0 Å². The highest BCUT2D eigenvalue weighted by atomic mass is 16.5. The quantitative estimate of drug-likeness (QED) is 0.716. The van der Waals surface area contributed by atoms with Gasteiger partial charge in [-0.05, 0) is 19.3 Å². The van der Waals surface area contributed by atoms with Crippen LogP contribution in [0.1, 0.15) is 19.3 Å². The maximum absolute atomic E-state index is 12.2. The first kappa shape index (κ1) is 15.3. The highest BCUT2D eigenvalue weighted by Gasteiger charge is 2.24. The normalized spacial score (nSPS) is 21.1. The number of carbonyl (C=O) groups is 2. The molecule has 0 atom stereocenters. The molecule has 0 aromatic heterocycles. The van der Waals surface area contributed by atoms with E-state index in [2.05, 4.69) is 4.90 Å². The third kappa shape index (κ3) is 4.18. The van der Waals surface area contributed by atoms with Crippen LogP contribution in [-0.4, -0.2) is 86.0 Å². The molecule has 2 aliphatic rings. The van der Waals surface area contributed by atoms with Gasteiger partial charge in [0.25, 0.3) is 0 Å². The Morgan fingerprint density at radius 1 is 0.850 bits per heavy atom. The van der Waals surface area contributed by atoms with Crippen molar-refractivity contribution in [2.24, 2.45) is 0 Å². The number of methoxy groups -OCH3 is 1. The van der Waals surface area contributed by atoms with Crippen molar-refractivity contribution in [3.8, 4) is 0 Å². The Morgan fingerprint density at radius 3 is 2.05 bits per heavy atom. The molecule has 0 unspecified atom stereocenters. The Labute approximate surface area is 120 Å². The Morgan fingerprint density at radius 2 is 1.45 bits per heavy atom. The Kier molecular flexibility index (Phi) is 5.79. The number of nitrogens with zero attached hydrogens (tertiary/aromatic N) is 3. The maximum atomic E-state index is 12.2. The zero-order valence-corrected chi connectivity index (χ0v) is 12.3. The lowest BCUT2D eigenvalue weighted by Gasteiger charge is -2.36. The minimum absolute atomic E-state index is 0.0366. The van der Waals surface area contributed by atoms with E-state index in [1.807, 2.05) is 9.80 Å². The Hall–Kier alpha value is -1.14. The molecule has 0 N–H and O–H groups in total. The van der Waals surface area contributed by atoms with Crippen LogP contribution in [0.15, 0.2) is 0 Å². The van der Waals surface area contributed by atoms with Crippen molar-refractivity contribution in [2.45, 2.75) is 19.3 Å². The lowest BCUT2D eigenvalue weighted by molar-refractivity contribution is -0.138. The van der Waals surface area contributed by atoms with Crippen molar-refractivity contribution in [1.29, 1.82) is 0 Å². The first-order valence-corrected chi connectivity index (χ1v) is 7.47. The summed E-state index contributed by atoms with van der Waals surface area (Å²) in [5, 5.41) is 0. The van der Waals surface area contributed by atoms with E-state index in [9.17, 15) is 9.59 Å². The Balaban J connectivity index is 1.71. The summed E-state index contributed by atoms with van der Waals surface area (Å²) in [7, 11) is 1.53. The van der Waals surface area contributed by atoms with E-state index in [-0.39, 0.29) is 18.4 Å². The monoisotopic (exact) mass is 283 g/mol. The van der Waals surface area contributed by atoms with E-state index < -0.39 is 0 Å². The van der Waals surface area contributed by atoms with Gasteiger partial charge in [-0.2, -0.15) is 0 Å². The molecule has 0 saturated carbocycles. The highest BCUT2D eigenvalue weighted by molar-refractivity contribution is 5.79. The predicted octanol–water partition coefficient (Wildman–Crippen LogP) is -0.210. The summed E-state index contributed by atoms with van der Waals surface area (Å²) < 4.78 is 4.86. The highest BCUT2D eigenvalue weighted by Crippen LogP contribution is 2.10. The Bertz CT molecular complexity index is 335. The molecule has 0 aromatic carbocycles. The van der Waals surface area contributed by atoms with Gasteiger partial charge in [-0.15, -0.1) is 0 Å². The second kappa shape index (κ2) is 7.59. The van der Waals surface area contributed by atoms with Crippen LogP contribution in [0.4, 0.5) is 0 Å². The first-order chi connectivity index (χ1) is 9.70. The van der Waals surface area contributed by atoms with Crippen LogP contribution in [0, 0.1) is 0 Å². The second-order valence-corrected chi connectivity index (χ2v) is 5.53. The average Bonchev–Trinajstić information content (AvgIpc) is 2.49. The molecule has 0 bridgehead atoms. The average molecular weight is 283 g/mol. The van der Waals surface area contributed by atoms with Crippen molar-refractivity contribution < 1.29 is 14.3 Å². The van der Waals surface area contributed by atoms with Crippen molar-refractivity contribution in [1.82, 2.24) is 14.7 Å². The SMILES string of the molecule is COCC(=O)N1CCN(CC(=O)N2CCCCC2)CC1. The van der Waals surface area contributed by atoms with Crippen LogP contribution < -0.4 is 0 Å². The summed E-state index contributed by atoms with van der Waals surface area (Å²) >= 11 is 0. The van der Waals surface area contributed by atoms with Gasteiger partial charge in [-0.3, -0.25) is 14.5 Å². The van der Waals surface area contributed by atoms with Crippen molar-refractivity contribution in [2.75, 3.05) is 59.5 Å². The van der Waals surface area contributed by atoms with Crippen molar-refractivity contribution >= 4 is 11.8 Å². The molecule has 0 aromatic rings. The van der Waals surface area contributed by atoms with Crippen molar-refractivity contribution in [3.63, 3.8) is 0 Å². The van der Waals surface area contributed by atoms with E-state index in [1.165, 1.54) is 13.5 Å². The number of piperazine rings is 1. The number of hydrogen-bond acceptors (Lipinski definition) is 4. The van der Waals surface area contributed by atoms with Gasteiger partial charge < -0.3 is 14.5 Å². The minimum atomic E-state index is 0.0366. The predicted molar refractivity (Wildman–Crippen MR) is 75.3 cm³/mol. The molecule has 0 radical (unpaired) electrons. The maximum Gasteiger partial charge on any atom is 0.248 e. The van der Waals surface area contributed by atoms with Crippen molar-refractivity contribution in [3.05, 3.63) is 0 Å². The molecule has 6 heteroatoms. The summed E-state index contributed by atoms with van der Waals surface area (Å²) in [6.07, 6.45) is 3.50. The zero-order valence-electron chi connectivity index (χ0n) is 12.3. The molecule has 20 heavy (non-hydrogen) atoms. The molecule has 114 valence electrons. The smallest absolute Gasteiger partial charge is 0.248 e. The fourth-order valence-corrected chi connectivity index (χ4v) is 2.80. The number of ether oxygens (including phenoxy) is 1. The molecule has 2 aliphatic heterocycles. The summed E-state index contributed by atoms with van der Waals surface area (Å²) in [4.78, 5) is 29.8.